The number of rotatable bonds is 3. The summed E-state index contributed by atoms with van der Waals surface area (Å²) >= 11 is 1.60. The van der Waals surface area contributed by atoms with E-state index >= 15 is 0 Å². The highest BCUT2D eigenvalue weighted by atomic mass is 32.1. The highest BCUT2D eigenvalue weighted by Gasteiger charge is 2.08. The fourth-order valence-electron chi connectivity index (χ4n) is 2.23. The Hall–Kier alpha value is -2.32. The van der Waals surface area contributed by atoms with E-state index in [1.54, 1.807) is 11.3 Å². The van der Waals surface area contributed by atoms with E-state index in [9.17, 15) is 0 Å². The van der Waals surface area contributed by atoms with Gasteiger partial charge in [-0.3, -0.25) is 4.40 Å². The third-order valence-corrected chi connectivity index (χ3v) is 3.87. The Morgan fingerprint density at radius 1 is 1.35 bits per heavy atom. The molecule has 0 saturated carbocycles. The molecular weight excluding hydrogens is 270 g/mol. The van der Waals surface area contributed by atoms with Gasteiger partial charge in [-0.2, -0.15) is 5.26 Å². The molecule has 1 aromatic carbocycles. The van der Waals surface area contributed by atoms with E-state index in [2.05, 4.69) is 11.1 Å². The minimum Gasteiger partial charge on any atom is -0.487 e. The van der Waals surface area contributed by atoms with Crippen molar-refractivity contribution in [2.75, 3.05) is 0 Å². The van der Waals surface area contributed by atoms with Gasteiger partial charge in [0.05, 0.1) is 17.3 Å². The van der Waals surface area contributed by atoms with Crippen LogP contribution in [0, 0.1) is 25.2 Å². The number of aryl methyl sites for hydroxylation is 2. The lowest BCUT2D eigenvalue weighted by Crippen LogP contribution is -2.00. The molecule has 0 spiro atoms. The van der Waals surface area contributed by atoms with Crippen molar-refractivity contribution >= 4 is 16.3 Å². The van der Waals surface area contributed by atoms with E-state index in [4.69, 9.17) is 10.00 Å². The number of hydrogen-bond acceptors (Lipinski definition) is 4. The van der Waals surface area contributed by atoms with E-state index < -0.39 is 0 Å². The summed E-state index contributed by atoms with van der Waals surface area (Å²) in [6, 6.07) is 5.84. The zero-order chi connectivity index (χ0) is 14.1. The summed E-state index contributed by atoms with van der Waals surface area (Å²) in [6.45, 7) is 4.34. The van der Waals surface area contributed by atoms with Crippen molar-refractivity contribution in [3.8, 4) is 11.8 Å². The number of nitrogens with zero attached hydrogens (tertiary/aromatic N) is 3. The molecule has 0 saturated heterocycles. The Labute approximate surface area is 120 Å². The molecule has 0 aliphatic heterocycles. The summed E-state index contributed by atoms with van der Waals surface area (Å²) in [5, 5.41) is 10.9. The molecule has 100 valence electrons. The van der Waals surface area contributed by atoms with Crippen LogP contribution in [-0.2, 0) is 6.61 Å². The van der Waals surface area contributed by atoms with Crippen LogP contribution < -0.4 is 4.74 Å². The van der Waals surface area contributed by atoms with Gasteiger partial charge < -0.3 is 4.74 Å². The van der Waals surface area contributed by atoms with Crippen LogP contribution in [0.4, 0.5) is 0 Å². The zero-order valence-corrected chi connectivity index (χ0v) is 12.1. The van der Waals surface area contributed by atoms with E-state index in [0.717, 1.165) is 27.5 Å². The molecule has 5 heteroatoms. The van der Waals surface area contributed by atoms with Gasteiger partial charge in [0.15, 0.2) is 4.96 Å². The molecule has 2 heterocycles. The summed E-state index contributed by atoms with van der Waals surface area (Å²) in [4.78, 5) is 5.45. The molecule has 0 aliphatic carbocycles. The van der Waals surface area contributed by atoms with Gasteiger partial charge in [0.25, 0.3) is 0 Å². The molecule has 20 heavy (non-hydrogen) atoms. The van der Waals surface area contributed by atoms with Gasteiger partial charge in [-0.25, -0.2) is 4.98 Å². The number of thiazole rings is 1. The van der Waals surface area contributed by atoms with Crippen LogP contribution >= 0.6 is 11.3 Å². The number of ether oxygens (including phenoxy) is 1. The minimum absolute atomic E-state index is 0.433. The summed E-state index contributed by atoms with van der Waals surface area (Å²) in [5.74, 6) is 0.834. The van der Waals surface area contributed by atoms with Crippen LogP contribution in [0.15, 0.2) is 29.9 Å². The van der Waals surface area contributed by atoms with E-state index in [1.165, 1.54) is 0 Å². The maximum absolute atomic E-state index is 8.94. The Kier molecular flexibility index (Phi) is 3.17. The molecule has 0 bridgehead atoms. The maximum atomic E-state index is 8.94. The molecule has 0 unspecified atom stereocenters. The zero-order valence-electron chi connectivity index (χ0n) is 11.3. The first-order valence-corrected chi connectivity index (χ1v) is 7.10. The fourth-order valence-corrected chi connectivity index (χ4v) is 2.95. The standard InChI is InChI=1S/C15H13N3OS/c1-10-5-12(7-16)6-11(2)14(10)19-9-13-8-18-3-4-20-15(18)17-13/h3-6,8H,9H2,1-2H3. The first kappa shape index (κ1) is 12.7. The first-order valence-electron chi connectivity index (χ1n) is 6.22. The lowest BCUT2D eigenvalue weighted by Gasteiger charge is -2.11. The second kappa shape index (κ2) is 4.99. The fraction of sp³-hybridized carbons (Fsp3) is 0.200. The Balaban J connectivity index is 1.81. The van der Waals surface area contributed by atoms with Crippen LogP contribution in [0.2, 0.25) is 0 Å². The normalized spacial score (nSPS) is 10.7. The average molecular weight is 283 g/mol. The van der Waals surface area contributed by atoms with E-state index in [0.29, 0.717) is 12.2 Å². The summed E-state index contributed by atoms with van der Waals surface area (Å²) in [7, 11) is 0. The van der Waals surface area contributed by atoms with Gasteiger partial charge in [-0.05, 0) is 37.1 Å². The predicted molar refractivity (Wildman–Crippen MR) is 78.0 cm³/mol. The number of aromatic nitrogens is 2. The van der Waals surface area contributed by atoms with Crippen molar-refractivity contribution in [1.29, 1.82) is 5.26 Å². The topological polar surface area (TPSA) is 50.3 Å². The van der Waals surface area contributed by atoms with Gasteiger partial charge in [-0.1, -0.05) is 0 Å². The smallest absolute Gasteiger partial charge is 0.193 e. The Morgan fingerprint density at radius 3 is 2.75 bits per heavy atom. The summed E-state index contributed by atoms with van der Waals surface area (Å²) < 4.78 is 7.86. The van der Waals surface area contributed by atoms with Crippen molar-refractivity contribution in [2.45, 2.75) is 20.5 Å². The first-order chi connectivity index (χ1) is 9.67. The van der Waals surface area contributed by atoms with Gasteiger partial charge >= 0.3 is 0 Å². The third-order valence-electron chi connectivity index (χ3n) is 3.10. The molecule has 0 atom stereocenters. The molecule has 0 fully saturated rings. The molecule has 3 rings (SSSR count). The minimum atomic E-state index is 0.433. The predicted octanol–water partition coefficient (Wildman–Crippen LogP) is 3.46. The number of fused-ring (bicyclic) bond motifs is 1. The van der Waals surface area contributed by atoms with Crippen LogP contribution in [0.1, 0.15) is 22.4 Å². The molecule has 2 aromatic heterocycles. The monoisotopic (exact) mass is 283 g/mol. The van der Waals surface area contributed by atoms with E-state index in [1.807, 2.05) is 48.2 Å². The van der Waals surface area contributed by atoms with Gasteiger partial charge in [0, 0.05) is 17.8 Å². The maximum Gasteiger partial charge on any atom is 0.193 e. The summed E-state index contributed by atoms with van der Waals surface area (Å²) in [5.41, 5.74) is 3.51. The van der Waals surface area contributed by atoms with Crippen molar-refractivity contribution in [1.82, 2.24) is 9.38 Å². The molecular formula is C15H13N3OS. The number of imidazole rings is 1. The highest BCUT2D eigenvalue weighted by Crippen LogP contribution is 2.25. The van der Waals surface area contributed by atoms with Crippen LogP contribution in [-0.4, -0.2) is 9.38 Å². The second-order valence-corrected chi connectivity index (χ2v) is 5.54. The molecule has 0 radical (unpaired) electrons. The SMILES string of the molecule is Cc1cc(C#N)cc(C)c1OCc1cn2ccsc2n1. The third kappa shape index (κ3) is 2.26. The molecule has 0 aliphatic rings. The van der Waals surface area contributed by atoms with Crippen molar-refractivity contribution in [3.05, 3.63) is 52.3 Å². The van der Waals surface area contributed by atoms with Crippen LogP contribution in [0.25, 0.3) is 4.96 Å². The van der Waals surface area contributed by atoms with Gasteiger partial charge in [-0.15, -0.1) is 11.3 Å². The largest absolute Gasteiger partial charge is 0.487 e. The van der Waals surface area contributed by atoms with Gasteiger partial charge in [0.2, 0.25) is 0 Å². The van der Waals surface area contributed by atoms with Gasteiger partial charge in [0.1, 0.15) is 12.4 Å². The van der Waals surface area contributed by atoms with Crippen LogP contribution in [0.3, 0.4) is 0 Å². The van der Waals surface area contributed by atoms with Crippen molar-refractivity contribution in [2.24, 2.45) is 0 Å². The van der Waals surface area contributed by atoms with Crippen molar-refractivity contribution in [3.63, 3.8) is 0 Å². The highest BCUT2D eigenvalue weighted by molar-refractivity contribution is 7.15. The van der Waals surface area contributed by atoms with E-state index in [-0.39, 0.29) is 0 Å². The second-order valence-electron chi connectivity index (χ2n) is 4.66. The lowest BCUT2D eigenvalue weighted by molar-refractivity contribution is 0.298. The number of benzene rings is 1. The Bertz CT molecular complexity index is 758. The Morgan fingerprint density at radius 2 is 2.10 bits per heavy atom. The summed E-state index contributed by atoms with van der Waals surface area (Å²) in [6.07, 6.45) is 3.95. The van der Waals surface area contributed by atoms with Crippen LogP contribution in [0.5, 0.6) is 5.75 Å². The molecule has 0 amide bonds. The molecule has 3 aromatic rings. The number of hydrogen-bond donors (Lipinski definition) is 0. The average Bonchev–Trinajstić information content (AvgIpc) is 2.98. The number of nitriles is 1. The lowest BCUT2D eigenvalue weighted by atomic mass is 10.1. The molecule has 4 nitrogen and oxygen atoms in total. The van der Waals surface area contributed by atoms with Crippen molar-refractivity contribution < 1.29 is 4.74 Å². The molecule has 0 N–H and O–H groups in total. The quantitative estimate of drug-likeness (QED) is 0.739.